The molecule has 30 heavy (non-hydrogen) atoms. The molecular weight excluding hydrogens is 440 g/mol. The second-order valence-corrected chi connectivity index (χ2v) is 8.27. The van der Waals surface area contributed by atoms with Gasteiger partial charge in [0.2, 0.25) is 0 Å². The lowest BCUT2D eigenvalue weighted by atomic mass is 10.1. The SMILES string of the molecule is CCOC(=O)c1c(NC(=S)Nc2cc(C(F)(F)F)ccc2F)sc2c1CCCCC2. The zero-order valence-electron chi connectivity index (χ0n) is 16.1. The van der Waals surface area contributed by atoms with E-state index in [0.29, 0.717) is 22.7 Å². The highest BCUT2D eigenvalue weighted by atomic mass is 32.1. The summed E-state index contributed by atoms with van der Waals surface area (Å²) in [4.78, 5) is 13.6. The average Bonchev–Trinajstić information content (AvgIpc) is 2.83. The van der Waals surface area contributed by atoms with Gasteiger partial charge in [-0.1, -0.05) is 6.42 Å². The van der Waals surface area contributed by atoms with Crippen molar-refractivity contribution < 1.29 is 27.1 Å². The van der Waals surface area contributed by atoms with Crippen LogP contribution in [0.15, 0.2) is 18.2 Å². The Kier molecular flexibility index (Phi) is 6.97. The molecule has 10 heteroatoms. The molecule has 4 nitrogen and oxygen atoms in total. The van der Waals surface area contributed by atoms with Crippen molar-refractivity contribution in [2.24, 2.45) is 0 Å². The Bertz CT molecular complexity index is 957. The highest BCUT2D eigenvalue weighted by Gasteiger charge is 2.31. The van der Waals surface area contributed by atoms with Crippen LogP contribution in [0.5, 0.6) is 0 Å². The number of thiophene rings is 1. The summed E-state index contributed by atoms with van der Waals surface area (Å²) < 4.78 is 57.9. The number of benzene rings is 1. The summed E-state index contributed by atoms with van der Waals surface area (Å²) in [6, 6.07) is 2.04. The van der Waals surface area contributed by atoms with Gasteiger partial charge in [0.15, 0.2) is 5.11 Å². The van der Waals surface area contributed by atoms with Crippen molar-refractivity contribution in [3.63, 3.8) is 0 Å². The number of esters is 1. The van der Waals surface area contributed by atoms with E-state index in [1.165, 1.54) is 11.3 Å². The second-order valence-electron chi connectivity index (χ2n) is 6.76. The first-order valence-electron chi connectivity index (χ1n) is 9.47. The number of carbonyl (C=O) groups excluding carboxylic acids is 1. The standard InChI is InChI=1S/C20H20F4N2O2S2/c1-2-28-18(27)16-12-6-4-3-5-7-15(12)30-17(16)26-19(29)25-14-10-11(20(22,23)24)8-9-13(14)21/h8-10H,2-7H2,1H3,(H2,25,26,29). The van der Waals surface area contributed by atoms with E-state index in [-0.39, 0.29) is 11.7 Å². The highest BCUT2D eigenvalue weighted by molar-refractivity contribution is 7.80. The minimum atomic E-state index is -4.61. The second kappa shape index (κ2) is 9.30. The van der Waals surface area contributed by atoms with E-state index in [4.69, 9.17) is 17.0 Å². The average molecular weight is 461 g/mol. The summed E-state index contributed by atoms with van der Waals surface area (Å²) in [5.74, 6) is -1.35. The van der Waals surface area contributed by atoms with Crippen LogP contribution in [0.4, 0.5) is 28.3 Å². The summed E-state index contributed by atoms with van der Waals surface area (Å²) in [6.07, 6.45) is -0.00941. The van der Waals surface area contributed by atoms with Gasteiger partial charge in [0.1, 0.15) is 10.8 Å². The zero-order valence-corrected chi connectivity index (χ0v) is 17.8. The Labute approximate surface area is 180 Å². The number of hydrogen-bond donors (Lipinski definition) is 2. The van der Waals surface area contributed by atoms with Crippen LogP contribution in [0.2, 0.25) is 0 Å². The number of ether oxygens (including phenoxy) is 1. The number of hydrogen-bond acceptors (Lipinski definition) is 4. The van der Waals surface area contributed by atoms with Crippen LogP contribution in [0.25, 0.3) is 0 Å². The maximum atomic E-state index is 14.0. The molecule has 0 saturated heterocycles. The van der Waals surface area contributed by atoms with Crippen LogP contribution in [-0.4, -0.2) is 17.7 Å². The lowest BCUT2D eigenvalue weighted by molar-refractivity contribution is -0.137. The van der Waals surface area contributed by atoms with Crippen molar-refractivity contribution in [2.45, 2.75) is 45.2 Å². The summed E-state index contributed by atoms with van der Waals surface area (Å²) >= 11 is 6.54. The molecule has 0 unspecified atom stereocenters. The molecule has 0 radical (unpaired) electrons. The largest absolute Gasteiger partial charge is 0.462 e. The highest BCUT2D eigenvalue weighted by Crippen LogP contribution is 2.38. The Morgan fingerprint density at radius 2 is 1.93 bits per heavy atom. The number of anilines is 2. The van der Waals surface area contributed by atoms with E-state index < -0.39 is 29.2 Å². The first-order chi connectivity index (χ1) is 14.2. The van der Waals surface area contributed by atoms with Crippen LogP contribution in [-0.2, 0) is 23.8 Å². The zero-order chi connectivity index (χ0) is 21.9. The van der Waals surface area contributed by atoms with E-state index in [9.17, 15) is 22.4 Å². The fourth-order valence-electron chi connectivity index (χ4n) is 3.30. The molecule has 1 heterocycles. The molecule has 3 rings (SSSR count). The number of fused-ring (bicyclic) bond motifs is 1. The Hall–Kier alpha value is -2.20. The van der Waals surface area contributed by atoms with Crippen LogP contribution in [0.3, 0.4) is 0 Å². The summed E-state index contributed by atoms with van der Waals surface area (Å²) in [5.41, 5.74) is -0.0821. The minimum Gasteiger partial charge on any atom is -0.462 e. The van der Waals surface area contributed by atoms with Crippen molar-refractivity contribution in [3.8, 4) is 0 Å². The maximum absolute atomic E-state index is 14.0. The smallest absolute Gasteiger partial charge is 0.416 e. The van der Waals surface area contributed by atoms with Gasteiger partial charge in [-0.2, -0.15) is 13.2 Å². The molecule has 162 valence electrons. The first-order valence-corrected chi connectivity index (χ1v) is 10.7. The molecule has 0 bridgehead atoms. The normalized spacial score (nSPS) is 13.9. The third-order valence-electron chi connectivity index (χ3n) is 4.67. The maximum Gasteiger partial charge on any atom is 0.416 e. The van der Waals surface area contributed by atoms with E-state index in [0.717, 1.165) is 48.6 Å². The van der Waals surface area contributed by atoms with Crippen LogP contribution >= 0.6 is 23.6 Å². The number of rotatable bonds is 4. The third kappa shape index (κ3) is 5.10. The van der Waals surface area contributed by atoms with Crippen LogP contribution < -0.4 is 10.6 Å². The monoisotopic (exact) mass is 460 g/mol. The van der Waals surface area contributed by atoms with Gasteiger partial charge in [-0.05, 0) is 68.6 Å². The molecule has 0 aliphatic heterocycles. The molecule has 1 aliphatic carbocycles. The van der Waals surface area contributed by atoms with Gasteiger partial charge < -0.3 is 15.4 Å². The topological polar surface area (TPSA) is 50.4 Å². The van der Waals surface area contributed by atoms with Crippen molar-refractivity contribution in [1.82, 2.24) is 0 Å². The van der Waals surface area contributed by atoms with Gasteiger partial charge in [-0.15, -0.1) is 11.3 Å². The van der Waals surface area contributed by atoms with E-state index in [1.807, 2.05) is 0 Å². The Morgan fingerprint density at radius 1 is 1.20 bits per heavy atom. The van der Waals surface area contributed by atoms with Crippen LogP contribution in [0, 0.1) is 5.82 Å². The number of carbonyl (C=O) groups is 1. The lowest BCUT2D eigenvalue weighted by Crippen LogP contribution is -2.21. The molecule has 0 atom stereocenters. The molecule has 0 spiro atoms. The van der Waals surface area contributed by atoms with Crippen molar-refractivity contribution >= 4 is 45.3 Å². The molecular formula is C20H20F4N2O2S2. The molecule has 0 fully saturated rings. The van der Waals surface area contributed by atoms with Crippen molar-refractivity contribution in [1.29, 1.82) is 0 Å². The summed E-state index contributed by atoms with van der Waals surface area (Å²) in [5, 5.41) is 5.65. The Balaban J connectivity index is 1.86. The molecule has 1 aromatic heterocycles. The van der Waals surface area contributed by atoms with E-state index in [1.54, 1.807) is 6.92 Å². The van der Waals surface area contributed by atoms with Crippen molar-refractivity contribution in [3.05, 3.63) is 45.6 Å². The molecule has 1 aromatic carbocycles. The number of halogens is 4. The van der Waals surface area contributed by atoms with Gasteiger partial charge in [0.25, 0.3) is 0 Å². The third-order valence-corrected chi connectivity index (χ3v) is 6.08. The van der Waals surface area contributed by atoms with Gasteiger partial charge in [0.05, 0.1) is 23.4 Å². The number of aryl methyl sites for hydroxylation is 1. The molecule has 0 amide bonds. The van der Waals surface area contributed by atoms with Crippen LogP contribution in [0.1, 0.15) is 52.5 Å². The number of alkyl halides is 3. The molecule has 2 N–H and O–H groups in total. The molecule has 0 saturated carbocycles. The fraction of sp³-hybridized carbons (Fsp3) is 0.400. The fourth-order valence-corrected chi connectivity index (χ4v) is 4.86. The van der Waals surface area contributed by atoms with Gasteiger partial charge in [-0.25, -0.2) is 9.18 Å². The van der Waals surface area contributed by atoms with Gasteiger partial charge in [-0.3, -0.25) is 0 Å². The number of thiocarbonyl (C=S) groups is 1. The summed E-state index contributed by atoms with van der Waals surface area (Å²) in [6.45, 7) is 1.92. The lowest BCUT2D eigenvalue weighted by Gasteiger charge is -2.14. The van der Waals surface area contributed by atoms with Crippen molar-refractivity contribution in [2.75, 3.05) is 17.2 Å². The first kappa shape index (κ1) is 22.5. The quantitative estimate of drug-likeness (QED) is 0.248. The predicted molar refractivity (Wildman–Crippen MR) is 113 cm³/mol. The number of nitrogens with one attached hydrogen (secondary N) is 2. The predicted octanol–water partition coefficient (Wildman–Crippen LogP) is 6.16. The molecule has 1 aliphatic rings. The van der Waals surface area contributed by atoms with E-state index in [2.05, 4.69) is 10.6 Å². The molecule has 2 aromatic rings. The summed E-state index contributed by atoms with van der Waals surface area (Å²) in [7, 11) is 0. The minimum absolute atomic E-state index is 0.116. The Morgan fingerprint density at radius 3 is 2.63 bits per heavy atom. The van der Waals surface area contributed by atoms with E-state index >= 15 is 0 Å². The van der Waals surface area contributed by atoms with Gasteiger partial charge in [0, 0.05) is 4.88 Å². The van der Waals surface area contributed by atoms with Gasteiger partial charge >= 0.3 is 12.1 Å².